The standard InChI is InChI=1S/C14H13NO6S2/c16-8-4-7(5-9(17)12(8)20)6-10-13(21)15(14(22)23-10)3-1-2-11(18)19/h4-6,16-17,20H,1-3H2,(H,18,19)/b10-6-. The summed E-state index contributed by atoms with van der Waals surface area (Å²) in [6.07, 6.45) is 1.65. The van der Waals surface area contributed by atoms with Crippen LogP contribution >= 0.6 is 24.0 Å². The molecule has 1 amide bonds. The molecular weight excluding hydrogens is 342 g/mol. The fourth-order valence-electron chi connectivity index (χ4n) is 1.94. The van der Waals surface area contributed by atoms with Gasteiger partial charge in [0.2, 0.25) is 0 Å². The molecule has 1 heterocycles. The van der Waals surface area contributed by atoms with E-state index in [0.29, 0.717) is 9.88 Å². The van der Waals surface area contributed by atoms with Crippen molar-refractivity contribution in [2.45, 2.75) is 12.8 Å². The first kappa shape index (κ1) is 17.1. The first-order valence-electron chi connectivity index (χ1n) is 6.51. The molecule has 0 aliphatic carbocycles. The molecule has 1 saturated heterocycles. The van der Waals surface area contributed by atoms with Crippen molar-refractivity contribution in [1.82, 2.24) is 4.90 Å². The topological polar surface area (TPSA) is 118 Å². The molecule has 0 aromatic heterocycles. The lowest BCUT2D eigenvalue weighted by atomic mass is 10.1. The molecule has 0 unspecified atom stereocenters. The van der Waals surface area contributed by atoms with E-state index >= 15 is 0 Å². The Morgan fingerprint density at radius 2 is 1.87 bits per heavy atom. The molecule has 0 atom stereocenters. The largest absolute Gasteiger partial charge is 0.504 e. The number of carbonyl (C=O) groups excluding carboxylic acids is 1. The molecule has 23 heavy (non-hydrogen) atoms. The molecular formula is C14H13NO6S2. The Balaban J connectivity index is 2.17. The van der Waals surface area contributed by atoms with Crippen molar-refractivity contribution in [2.75, 3.05) is 6.54 Å². The lowest BCUT2D eigenvalue weighted by molar-refractivity contribution is -0.137. The third-order valence-corrected chi connectivity index (χ3v) is 4.41. The van der Waals surface area contributed by atoms with E-state index in [1.54, 1.807) is 0 Å². The lowest BCUT2D eigenvalue weighted by Crippen LogP contribution is -2.29. The lowest BCUT2D eigenvalue weighted by Gasteiger charge is -2.13. The van der Waals surface area contributed by atoms with E-state index in [1.807, 2.05) is 0 Å². The van der Waals surface area contributed by atoms with Crippen molar-refractivity contribution in [1.29, 1.82) is 0 Å². The fraction of sp³-hybridized carbons (Fsp3) is 0.214. The number of nitrogens with zero attached hydrogens (tertiary/aromatic N) is 1. The van der Waals surface area contributed by atoms with Gasteiger partial charge in [0, 0.05) is 13.0 Å². The molecule has 0 bridgehead atoms. The van der Waals surface area contributed by atoms with Gasteiger partial charge in [-0.05, 0) is 30.2 Å². The van der Waals surface area contributed by atoms with Gasteiger partial charge in [0.1, 0.15) is 4.32 Å². The van der Waals surface area contributed by atoms with Gasteiger partial charge in [0.15, 0.2) is 17.2 Å². The number of phenols is 3. The summed E-state index contributed by atoms with van der Waals surface area (Å²) in [5.41, 5.74) is 0.323. The summed E-state index contributed by atoms with van der Waals surface area (Å²) in [6, 6.07) is 2.40. The summed E-state index contributed by atoms with van der Waals surface area (Å²) in [5.74, 6) is -2.96. The Hall–Kier alpha value is -2.26. The SMILES string of the molecule is O=C(O)CCCN1C(=O)/C(=C/c2cc(O)c(O)c(O)c2)SC1=S. The van der Waals surface area contributed by atoms with Crippen LogP contribution in [0.15, 0.2) is 17.0 Å². The van der Waals surface area contributed by atoms with Crippen molar-refractivity contribution < 1.29 is 30.0 Å². The molecule has 122 valence electrons. The van der Waals surface area contributed by atoms with Crippen LogP contribution in [0.3, 0.4) is 0 Å². The Morgan fingerprint density at radius 3 is 2.43 bits per heavy atom. The average molecular weight is 355 g/mol. The number of thioether (sulfide) groups is 1. The van der Waals surface area contributed by atoms with Crippen molar-refractivity contribution in [2.24, 2.45) is 0 Å². The second kappa shape index (κ2) is 6.88. The predicted octanol–water partition coefficient (Wildman–Crippen LogP) is 1.87. The number of thiocarbonyl (C=S) groups is 1. The first-order valence-corrected chi connectivity index (χ1v) is 7.74. The number of rotatable bonds is 5. The van der Waals surface area contributed by atoms with Crippen LogP contribution in [0, 0.1) is 0 Å². The van der Waals surface area contributed by atoms with E-state index in [2.05, 4.69) is 0 Å². The van der Waals surface area contributed by atoms with Gasteiger partial charge in [0.25, 0.3) is 5.91 Å². The Bertz CT molecular complexity index is 692. The molecule has 9 heteroatoms. The van der Waals surface area contributed by atoms with Gasteiger partial charge in [-0.25, -0.2) is 0 Å². The summed E-state index contributed by atoms with van der Waals surface area (Å²) < 4.78 is 0.318. The van der Waals surface area contributed by atoms with Crippen LogP contribution in [0.2, 0.25) is 0 Å². The minimum Gasteiger partial charge on any atom is -0.504 e. The highest BCUT2D eigenvalue weighted by Gasteiger charge is 2.31. The molecule has 7 nitrogen and oxygen atoms in total. The van der Waals surface area contributed by atoms with Crippen LogP contribution in [0.1, 0.15) is 18.4 Å². The Labute approximate surface area is 140 Å². The normalized spacial score (nSPS) is 16.3. The maximum Gasteiger partial charge on any atom is 0.303 e. The van der Waals surface area contributed by atoms with Crippen molar-refractivity contribution in [3.05, 3.63) is 22.6 Å². The van der Waals surface area contributed by atoms with Gasteiger partial charge in [0.05, 0.1) is 4.91 Å². The Kier molecular flexibility index (Phi) is 5.12. The van der Waals surface area contributed by atoms with Gasteiger partial charge in [-0.3, -0.25) is 14.5 Å². The van der Waals surface area contributed by atoms with Gasteiger partial charge in [-0.1, -0.05) is 24.0 Å². The molecule has 0 spiro atoms. The van der Waals surface area contributed by atoms with Gasteiger partial charge < -0.3 is 20.4 Å². The summed E-state index contributed by atoms with van der Waals surface area (Å²) in [6.45, 7) is 0.209. The zero-order chi connectivity index (χ0) is 17.1. The highest BCUT2D eigenvalue weighted by molar-refractivity contribution is 8.26. The highest BCUT2D eigenvalue weighted by Crippen LogP contribution is 2.38. The second-order valence-electron chi connectivity index (χ2n) is 4.74. The van der Waals surface area contributed by atoms with E-state index in [0.717, 1.165) is 11.8 Å². The van der Waals surface area contributed by atoms with Crippen LogP contribution in [0.5, 0.6) is 17.2 Å². The monoisotopic (exact) mass is 355 g/mol. The minimum atomic E-state index is -0.943. The number of benzene rings is 1. The fourth-order valence-corrected chi connectivity index (χ4v) is 3.25. The van der Waals surface area contributed by atoms with Crippen LogP contribution in [-0.4, -0.2) is 48.1 Å². The predicted molar refractivity (Wildman–Crippen MR) is 88.2 cm³/mol. The first-order chi connectivity index (χ1) is 10.8. The molecule has 1 aliphatic heterocycles. The van der Waals surface area contributed by atoms with Crippen LogP contribution in [0.25, 0.3) is 6.08 Å². The Morgan fingerprint density at radius 1 is 1.26 bits per heavy atom. The van der Waals surface area contributed by atoms with Crippen LogP contribution in [-0.2, 0) is 9.59 Å². The van der Waals surface area contributed by atoms with Gasteiger partial charge >= 0.3 is 5.97 Å². The van der Waals surface area contributed by atoms with Crippen molar-refractivity contribution in [3.8, 4) is 17.2 Å². The second-order valence-corrected chi connectivity index (χ2v) is 6.41. The van der Waals surface area contributed by atoms with E-state index in [9.17, 15) is 24.9 Å². The molecule has 1 aromatic rings. The molecule has 1 aromatic carbocycles. The van der Waals surface area contributed by atoms with E-state index in [4.69, 9.17) is 17.3 Å². The van der Waals surface area contributed by atoms with E-state index in [1.165, 1.54) is 23.1 Å². The number of carboxylic acids is 1. The summed E-state index contributed by atoms with van der Waals surface area (Å²) in [5, 5.41) is 36.9. The third kappa shape index (κ3) is 3.93. The average Bonchev–Trinajstić information content (AvgIpc) is 2.71. The number of aliphatic carboxylic acids is 1. The number of amides is 1. The quantitative estimate of drug-likeness (QED) is 0.359. The number of hydrogen-bond donors (Lipinski definition) is 4. The number of carboxylic acid groups (broad SMARTS) is 1. The number of hydrogen-bond acceptors (Lipinski definition) is 7. The molecule has 1 aliphatic rings. The molecule has 1 fully saturated rings. The highest BCUT2D eigenvalue weighted by atomic mass is 32.2. The summed E-state index contributed by atoms with van der Waals surface area (Å²) >= 11 is 6.15. The third-order valence-electron chi connectivity index (χ3n) is 3.04. The molecule has 2 rings (SSSR count). The summed E-state index contributed by atoms with van der Waals surface area (Å²) in [4.78, 5) is 24.4. The van der Waals surface area contributed by atoms with Gasteiger partial charge in [-0.2, -0.15) is 0 Å². The van der Waals surface area contributed by atoms with Gasteiger partial charge in [-0.15, -0.1) is 0 Å². The number of aromatic hydroxyl groups is 3. The smallest absolute Gasteiger partial charge is 0.303 e. The summed E-state index contributed by atoms with van der Waals surface area (Å²) in [7, 11) is 0. The maximum atomic E-state index is 12.3. The molecule has 4 N–H and O–H groups in total. The van der Waals surface area contributed by atoms with Crippen LogP contribution < -0.4 is 0 Å². The number of carbonyl (C=O) groups is 2. The van der Waals surface area contributed by atoms with Crippen LogP contribution in [0.4, 0.5) is 0 Å². The zero-order valence-electron chi connectivity index (χ0n) is 11.7. The van der Waals surface area contributed by atoms with Crippen molar-refractivity contribution >= 4 is 46.3 Å². The molecule has 0 radical (unpaired) electrons. The minimum absolute atomic E-state index is 0.0597. The van der Waals surface area contributed by atoms with E-state index in [-0.39, 0.29) is 30.2 Å². The zero-order valence-corrected chi connectivity index (χ0v) is 13.4. The number of phenolic OH excluding ortho intramolecular Hbond substituents is 3. The molecule has 0 saturated carbocycles. The maximum absolute atomic E-state index is 12.3. The van der Waals surface area contributed by atoms with E-state index < -0.39 is 23.2 Å². The van der Waals surface area contributed by atoms with Crippen molar-refractivity contribution in [3.63, 3.8) is 0 Å².